The van der Waals surface area contributed by atoms with Gasteiger partial charge in [-0.3, -0.25) is 9.59 Å². The molecule has 1 aliphatic rings. The minimum absolute atomic E-state index is 0.131. The third-order valence-corrected chi connectivity index (χ3v) is 4.17. The van der Waals surface area contributed by atoms with E-state index in [4.69, 9.17) is 30.4 Å². The average molecular weight is 405 g/mol. The van der Waals surface area contributed by atoms with Crippen LogP contribution in [0.3, 0.4) is 0 Å². The van der Waals surface area contributed by atoms with E-state index >= 15 is 0 Å². The lowest BCUT2D eigenvalue weighted by Gasteiger charge is -2.25. The molecule has 0 spiro atoms. The number of amides is 2. The maximum Gasteiger partial charge on any atom is 0.239 e. The first-order valence-electron chi connectivity index (χ1n) is 9.83. The summed E-state index contributed by atoms with van der Waals surface area (Å²) in [7, 11) is 0. The monoisotopic (exact) mass is 404 g/mol. The van der Waals surface area contributed by atoms with E-state index < -0.39 is 12.1 Å². The normalized spacial score (nSPS) is 22.0. The van der Waals surface area contributed by atoms with E-state index in [9.17, 15) is 9.59 Å². The maximum atomic E-state index is 12.2. The number of rotatable bonds is 2. The second-order valence-corrected chi connectivity index (χ2v) is 6.68. The van der Waals surface area contributed by atoms with E-state index in [1.165, 1.54) is 0 Å². The zero-order valence-electron chi connectivity index (χ0n) is 17.1. The Morgan fingerprint density at radius 3 is 1.07 bits per heavy atom. The summed E-state index contributed by atoms with van der Waals surface area (Å²) in [6.45, 7) is 8.26. The van der Waals surface area contributed by atoms with Crippen molar-refractivity contribution >= 4 is 11.8 Å². The van der Waals surface area contributed by atoms with E-state index in [-0.39, 0.29) is 11.8 Å². The summed E-state index contributed by atoms with van der Waals surface area (Å²) in [5.74, 6) is -0.263. The molecule has 0 aromatic rings. The molecule has 0 saturated carbocycles. The number of hydrogen-bond donors (Lipinski definition) is 2. The molecule has 0 aromatic carbocycles. The molecule has 1 aliphatic heterocycles. The van der Waals surface area contributed by atoms with Crippen LogP contribution in [0.15, 0.2) is 0 Å². The Bertz CT molecular complexity index is 390. The Labute approximate surface area is 167 Å². The third-order valence-electron chi connectivity index (χ3n) is 4.17. The second kappa shape index (κ2) is 14.7. The first kappa shape index (κ1) is 24.7. The van der Waals surface area contributed by atoms with Gasteiger partial charge in [0.15, 0.2) is 0 Å². The molecule has 164 valence electrons. The zero-order valence-corrected chi connectivity index (χ0v) is 17.1. The van der Waals surface area contributed by atoms with Crippen LogP contribution in [0.1, 0.15) is 13.8 Å². The Morgan fingerprint density at radius 1 is 0.607 bits per heavy atom. The molecule has 0 radical (unpaired) electrons. The largest absolute Gasteiger partial charge is 0.377 e. The number of ether oxygens (including phenoxy) is 4. The molecule has 0 aliphatic carbocycles. The SMILES string of the molecule is C[C@H](N)C(=O)N1CCOCCOCCN(C(=O)[C@@H](C)N)CCOCCOCC1. The van der Waals surface area contributed by atoms with Gasteiger partial charge in [-0.15, -0.1) is 0 Å². The first-order valence-corrected chi connectivity index (χ1v) is 9.83. The van der Waals surface area contributed by atoms with Gasteiger partial charge in [-0.25, -0.2) is 0 Å². The first-order chi connectivity index (χ1) is 13.4. The molecule has 0 bridgehead atoms. The Morgan fingerprint density at radius 2 is 0.857 bits per heavy atom. The van der Waals surface area contributed by atoms with Crippen LogP contribution in [-0.2, 0) is 28.5 Å². The van der Waals surface area contributed by atoms with Crippen LogP contribution in [0.2, 0.25) is 0 Å². The molecule has 1 saturated heterocycles. The fraction of sp³-hybridized carbons (Fsp3) is 0.889. The predicted octanol–water partition coefficient (Wildman–Crippen LogP) is -1.58. The van der Waals surface area contributed by atoms with Gasteiger partial charge in [0.2, 0.25) is 11.8 Å². The molecule has 1 heterocycles. The van der Waals surface area contributed by atoms with Crippen LogP contribution < -0.4 is 11.5 Å². The lowest BCUT2D eigenvalue weighted by Crippen LogP contribution is -2.45. The van der Waals surface area contributed by atoms with Crippen molar-refractivity contribution in [2.75, 3.05) is 79.0 Å². The van der Waals surface area contributed by atoms with Crippen molar-refractivity contribution < 1.29 is 28.5 Å². The average Bonchev–Trinajstić information content (AvgIpc) is 2.66. The highest BCUT2D eigenvalue weighted by Gasteiger charge is 2.18. The summed E-state index contributed by atoms with van der Waals surface area (Å²) in [6.07, 6.45) is 0. The molecule has 2 amide bonds. The van der Waals surface area contributed by atoms with Crippen molar-refractivity contribution in [1.29, 1.82) is 0 Å². The van der Waals surface area contributed by atoms with E-state index in [1.807, 2.05) is 0 Å². The van der Waals surface area contributed by atoms with Gasteiger partial charge in [-0.1, -0.05) is 0 Å². The van der Waals surface area contributed by atoms with Crippen molar-refractivity contribution in [2.24, 2.45) is 11.5 Å². The van der Waals surface area contributed by atoms with Crippen LogP contribution in [0, 0.1) is 0 Å². The molecular formula is C18H36N4O6. The van der Waals surface area contributed by atoms with Crippen LogP contribution in [-0.4, -0.2) is 113 Å². The Kier molecular flexibility index (Phi) is 13.0. The second-order valence-electron chi connectivity index (χ2n) is 6.68. The fourth-order valence-corrected chi connectivity index (χ4v) is 2.58. The molecule has 10 heteroatoms. The van der Waals surface area contributed by atoms with E-state index in [1.54, 1.807) is 23.6 Å². The Balaban J connectivity index is 2.50. The van der Waals surface area contributed by atoms with Crippen molar-refractivity contribution in [3.8, 4) is 0 Å². The van der Waals surface area contributed by atoms with Gasteiger partial charge in [0.05, 0.1) is 64.9 Å². The number of carbonyl (C=O) groups is 2. The molecule has 10 nitrogen and oxygen atoms in total. The summed E-state index contributed by atoms with van der Waals surface area (Å²) in [6, 6.07) is -1.13. The van der Waals surface area contributed by atoms with Crippen LogP contribution in [0.25, 0.3) is 0 Å². The quantitative estimate of drug-likeness (QED) is 0.564. The van der Waals surface area contributed by atoms with Gasteiger partial charge in [-0.2, -0.15) is 0 Å². The van der Waals surface area contributed by atoms with Crippen LogP contribution in [0.4, 0.5) is 0 Å². The molecule has 28 heavy (non-hydrogen) atoms. The fourth-order valence-electron chi connectivity index (χ4n) is 2.58. The number of carbonyl (C=O) groups excluding carboxylic acids is 2. The lowest BCUT2D eigenvalue weighted by molar-refractivity contribution is -0.135. The summed E-state index contributed by atoms with van der Waals surface area (Å²) < 4.78 is 22.1. The number of nitrogens with two attached hydrogens (primary N) is 2. The number of nitrogens with zero attached hydrogens (tertiary/aromatic N) is 2. The molecular weight excluding hydrogens is 368 g/mol. The summed E-state index contributed by atoms with van der Waals surface area (Å²) in [4.78, 5) is 27.6. The standard InChI is InChI=1S/C18H36N4O6/c1-15(19)17(23)21-3-7-25-11-13-27-9-5-22(18(24)16(2)20)6-10-28-14-12-26-8-4-21/h15-16H,3-14,19-20H2,1-2H3/t15-,16+. The zero-order chi connectivity index (χ0) is 20.8. The summed E-state index contributed by atoms with van der Waals surface area (Å²) in [5, 5.41) is 0. The topological polar surface area (TPSA) is 130 Å². The lowest BCUT2D eigenvalue weighted by atomic mass is 10.3. The highest BCUT2D eigenvalue weighted by atomic mass is 16.5. The van der Waals surface area contributed by atoms with Crippen LogP contribution >= 0.6 is 0 Å². The molecule has 1 rings (SSSR count). The van der Waals surface area contributed by atoms with Gasteiger partial charge in [0.25, 0.3) is 0 Å². The molecule has 2 atom stereocenters. The highest BCUT2D eigenvalue weighted by molar-refractivity contribution is 5.81. The van der Waals surface area contributed by atoms with E-state index in [0.717, 1.165) is 0 Å². The van der Waals surface area contributed by atoms with Gasteiger partial charge in [0, 0.05) is 26.2 Å². The third kappa shape index (κ3) is 10.3. The van der Waals surface area contributed by atoms with Gasteiger partial charge < -0.3 is 40.2 Å². The smallest absolute Gasteiger partial charge is 0.239 e. The van der Waals surface area contributed by atoms with Crippen molar-refractivity contribution in [3.05, 3.63) is 0 Å². The minimum Gasteiger partial charge on any atom is -0.377 e. The van der Waals surface area contributed by atoms with Crippen molar-refractivity contribution in [2.45, 2.75) is 25.9 Å². The Hall–Kier alpha value is -1.30. The van der Waals surface area contributed by atoms with E-state index in [0.29, 0.717) is 79.0 Å². The van der Waals surface area contributed by atoms with Gasteiger partial charge in [-0.05, 0) is 13.8 Å². The molecule has 0 unspecified atom stereocenters. The minimum atomic E-state index is -0.563. The maximum absolute atomic E-state index is 12.2. The molecule has 1 fully saturated rings. The van der Waals surface area contributed by atoms with Crippen LogP contribution in [0.5, 0.6) is 0 Å². The molecule has 4 N–H and O–H groups in total. The number of hydrogen-bond acceptors (Lipinski definition) is 8. The van der Waals surface area contributed by atoms with Crippen molar-refractivity contribution in [1.82, 2.24) is 9.80 Å². The van der Waals surface area contributed by atoms with Gasteiger partial charge in [0.1, 0.15) is 0 Å². The van der Waals surface area contributed by atoms with E-state index in [2.05, 4.69) is 0 Å². The van der Waals surface area contributed by atoms with Gasteiger partial charge >= 0.3 is 0 Å². The summed E-state index contributed by atoms with van der Waals surface area (Å²) >= 11 is 0. The summed E-state index contributed by atoms with van der Waals surface area (Å²) in [5.41, 5.74) is 11.4. The van der Waals surface area contributed by atoms with Crippen molar-refractivity contribution in [3.63, 3.8) is 0 Å². The predicted molar refractivity (Wildman–Crippen MR) is 104 cm³/mol. The molecule has 0 aromatic heterocycles. The highest BCUT2D eigenvalue weighted by Crippen LogP contribution is 1.98.